The van der Waals surface area contributed by atoms with Gasteiger partial charge in [-0.2, -0.15) is 0 Å². The molecule has 32 heavy (non-hydrogen) atoms. The summed E-state index contributed by atoms with van der Waals surface area (Å²) in [6, 6.07) is 11.9. The zero-order valence-electron chi connectivity index (χ0n) is 17.7. The minimum Gasteiger partial charge on any atom is -0.404 e. The molecule has 1 fully saturated rings. The van der Waals surface area contributed by atoms with Crippen molar-refractivity contribution < 1.29 is 4.39 Å². The number of imidazole rings is 1. The highest BCUT2D eigenvalue weighted by molar-refractivity contribution is 6.09. The number of hydrogen-bond acceptors (Lipinski definition) is 5. The number of nitrogens with two attached hydrogens (primary N) is 1. The van der Waals surface area contributed by atoms with Crippen molar-refractivity contribution in [3.05, 3.63) is 83.8 Å². The lowest BCUT2D eigenvalue weighted by Crippen LogP contribution is -2.29. The summed E-state index contributed by atoms with van der Waals surface area (Å²) in [7, 11) is 0. The Bertz CT molecular complexity index is 1320. The molecule has 3 N–H and O–H groups in total. The maximum Gasteiger partial charge on any atom is 0.173 e. The van der Waals surface area contributed by atoms with Gasteiger partial charge in [0.15, 0.2) is 11.5 Å². The van der Waals surface area contributed by atoms with E-state index in [1.54, 1.807) is 23.0 Å². The van der Waals surface area contributed by atoms with Crippen molar-refractivity contribution in [1.82, 2.24) is 19.7 Å². The van der Waals surface area contributed by atoms with Crippen molar-refractivity contribution in [2.45, 2.75) is 25.3 Å². The molecular weight excluding hydrogens is 403 g/mol. The van der Waals surface area contributed by atoms with Crippen LogP contribution in [0.4, 0.5) is 4.39 Å². The molecule has 0 saturated carbocycles. The standard InChI is InChI=1S/C25H25FN6/c26-23-12-19(20(13-27)14-30-21-5-8-28-9-6-21)16-32-22(15-31-25(23)32)11-17-3-4-24-18(10-17)2-1-7-29-24/h1-4,7,10,12-16,21,28H,5-6,8-9,11,27H2/b20-13+,30-14?. The molecule has 0 atom stereocenters. The molecule has 5 rings (SSSR count). The summed E-state index contributed by atoms with van der Waals surface area (Å²) >= 11 is 0. The Morgan fingerprint density at radius 1 is 1.22 bits per heavy atom. The number of aliphatic imine (C=N–C) groups is 1. The molecule has 0 aliphatic carbocycles. The fourth-order valence-electron chi connectivity index (χ4n) is 4.18. The van der Waals surface area contributed by atoms with Crippen molar-refractivity contribution >= 4 is 28.3 Å². The third kappa shape index (κ3) is 4.11. The first kappa shape index (κ1) is 20.3. The van der Waals surface area contributed by atoms with E-state index in [9.17, 15) is 4.39 Å². The van der Waals surface area contributed by atoms with Crippen LogP contribution in [0, 0.1) is 5.82 Å². The fraction of sp³-hybridized carbons (Fsp3) is 0.240. The molecule has 1 aromatic carbocycles. The number of benzene rings is 1. The highest BCUT2D eigenvalue weighted by atomic mass is 19.1. The molecule has 4 heterocycles. The first-order valence-electron chi connectivity index (χ1n) is 10.9. The molecule has 6 nitrogen and oxygen atoms in total. The Morgan fingerprint density at radius 3 is 2.94 bits per heavy atom. The van der Waals surface area contributed by atoms with E-state index in [4.69, 9.17) is 5.73 Å². The highest BCUT2D eigenvalue weighted by Gasteiger charge is 2.14. The number of pyridine rings is 2. The van der Waals surface area contributed by atoms with Crippen molar-refractivity contribution in [3.8, 4) is 0 Å². The summed E-state index contributed by atoms with van der Waals surface area (Å²) in [4.78, 5) is 13.4. The zero-order valence-corrected chi connectivity index (χ0v) is 17.7. The van der Waals surface area contributed by atoms with Gasteiger partial charge in [0.25, 0.3) is 0 Å². The maximum absolute atomic E-state index is 14.9. The van der Waals surface area contributed by atoms with E-state index in [1.165, 1.54) is 12.3 Å². The summed E-state index contributed by atoms with van der Waals surface area (Å²) in [6.07, 6.45) is 11.3. The molecule has 1 aliphatic rings. The van der Waals surface area contributed by atoms with Crippen LogP contribution < -0.4 is 11.1 Å². The second-order valence-corrected chi connectivity index (χ2v) is 8.11. The van der Waals surface area contributed by atoms with Gasteiger partial charge in [-0.1, -0.05) is 12.1 Å². The second-order valence-electron chi connectivity index (χ2n) is 8.11. The van der Waals surface area contributed by atoms with Crippen molar-refractivity contribution in [3.63, 3.8) is 0 Å². The van der Waals surface area contributed by atoms with Crippen LogP contribution in [0.2, 0.25) is 0 Å². The topological polar surface area (TPSA) is 80.6 Å². The van der Waals surface area contributed by atoms with Crippen LogP contribution in [0.1, 0.15) is 29.7 Å². The quantitative estimate of drug-likeness (QED) is 0.475. The average molecular weight is 429 g/mol. The number of halogens is 1. The van der Waals surface area contributed by atoms with Crippen LogP contribution in [0.25, 0.3) is 22.1 Å². The summed E-state index contributed by atoms with van der Waals surface area (Å²) in [5.74, 6) is -0.383. The maximum atomic E-state index is 14.9. The number of allylic oxidation sites excluding steroid dienone is 1. The third-order valence-corrected chi connectivity index (χ3v) is 5.94. The monoisotopic (exact) mass is 428 g/mol. The summed E-state index contributed by atoms with van der Waals surface area (Å²) in [5, 5.41) is 4.41. The fourth-order valence-corrected chi connectivity index (χ4v) is 4.18. The average Bonchev–Trinajstić information content (AvgIpc) is 3.23. The summed E-state index contributed by atoms with van der Waals surface area (Å²) in [5.41, 5.74) is 10.5. The van der Waals surface area contributed by atoms with Gasteiger partial charge >= 0.3 is 0 Å². The van der Waals surface area contributed by atoms with E-state index >= 15 is 0 Å². The van der Waals surface area contributed by atoms with Gasteiger partial charge in [0.05, 0.1) is 11.6 Å². The molecule has 3 aromatic heterocycles. The minimum absolute atomic E-state index is 0.269. The number of hydrogen-bond donors (Lipinski definition) is 2. The van der Waals surface area contributed by atoms with Crippen LogP contribution >= 0.6 is 0 Å². The Kier molecular flexibility index (Phi) is 5.64. The summed E-state index contributed by atoms with van der Waals surface area (Å²) < 4.78 is 16.7. The molecule has 0 radical (unpaired) electrons. The number of piperidine rings is 1. The van der Waals surface area contributed by atoms with Gasteiger partial charge in [0, 0.05) is 59.6 Å². The second kappa shape index (κ2) is 8.88. The summed E-state index contributed by atoms with van der Waals surface area (Å²) in [6.45, 7) is 1.93. The molecule has 7 heteroatoms. The van der Waals surface area contributed by atoms with Gasteiger partial charge < -0.3 is 15.5 Å². The molecule has 162 valence electrons. The predicted octanol–water partition coefficient (Wildman–Crippen LogP) is 3.73. The van der Waals surface area contributed by atoms with E-state index in [-0.39, 0.29) is 11.9 Å². The van der Waals surface area contributed by atoms with Gasteiger partial charge in [-0.25, -0.2) is 9.37 Å². The molecule has 1 saturated heterocycles. The normalized spacial score (nSPS) is 15.8. The Morgan fingerprint density at radius 2 is 2.09 bits per heavy atom. The first-order valence-corrected chi connectivity index (χ1v) is 10.9. The molecule has 0 spiro atoms. The minimum atomic E-state index is -0.383. The zero-order chi connectivity index (χ0) is 21.9. The van der Waals surface area contributed by atoms with Crippen LogP contribution in [-0.2, 0) is 6.42 Å². The molecule has 1 aliphatic heterocycles. The van der Waals surface area contributed by atoms with Gasteiger partial charge in [-0.3, -0.25) is 9.98 Å². The van der Waals surface area contributed by atoms with Gasteiger partial charge in [-0.05, 0) is 55.8 Å². The lowest BCUT2D eigenvalue weighted by Gasteiger charge is -2.18. The number of aromatic nitrogens is 3. The number of nitrogens with zero attached hydrogens (tertiary/aromatic N) is 4. The van der Waals surface area contributed by atoms with E-state index in [0.29, 0.717) is 23.2 Å². The van der Waals surface area contributed by atoms with Crippen molar-refractivity contribution in [2.24, 2.45) is 10.7 Å². The first-order chi connectivity index (χ1) is 15.7. The molecule has 0 bridgehead atoms. The molecular formula is C25H25FN6. The Balaban J connectivity index is 1.46. The van der Waals surface area contributed by atoms with Crippen LogP contribution in [0.5, 0.6) is 0 Å². The number of nitrogens with one attached hydrogen (secondary N) is 1. The number of rotatable bonds is 5. The van der Waals surface area contributed by atoms with E-state index in [2.05, 4.69) is 26.3 Å². The van der Waals surface area contributed by atoms with Gasteiger partial charge in [0.2, 0.25) is 0 Å². The van der Waals surface area contributed by atoms with Crippen LogP contribution in [0.3, 0.4) is 0 Å². The Labute approximate surface area is 185 Å². The predicted molar refractivity (Wildman–Crippen MR) is 126 cm³/mol. The highest BCUT2D eigenvalue weighted by Crippen LogP contribution is 2.22. The van der Waals surface area contributed by atoms with E-state index < -0.39 is 0 Å². The molecule has 4 aromatic rings. The number of fused-ring (bicyclic) bond motifs is 2. The SMILES string of the molecule is N/C=C(\C=NC1CCNCC1)c1cc(F)c2ncc(Cc3ccc4ncccc4c3)n2c1. The van der Waals surface area contributed by atoms with Crippen molar-refractivity contribution in [1.29, 1.82) is 0 Å². The smallest absolute Gasteiger partial charge is 0.173 e. The van der Waals surface area contributed by atoms with E-state index in [0.717, 1.165) is 48.1 Å². The largest absolute Gasteiger partial charge is 0.404 e. The lowest BCUT2D eigenvalue weighted by atomic mass is 10.1. The van der Waals surface area contributed by atoms with Crippen molar-refractivity contribution in [2.75, 3.05) is 13.1 Å². The van der Waals surface area contributed by atoms with Gasteiger partial charge in [0.1, 0.15) is 0 Å². The van der Waals surface area contributed by atoms with E-state index in [1.807, 2.05) is 30.5 Å². The van der Waals surface area contributed by atoms with Gasteiger partial charge in [-0.15, -0.1) is 0 Å². The van der Waals surface area contributed by atoms with Crippen LogP contribution in [0.15, 0.2) is 66.2 Å². The molecule has 0 amide bonds. The molecule has 0 unspecified atom stereocenters. The third-order valence-electron chi connectivity index (χ3n) is 5.94. The Hall–Kier alpha value is -3.58. The lowest BCUT2D eigenvalue weighted by molar-refractivity contribution is 0.461. The van der Waals surface area contributed by atoms with Crippen LogP contribution in [-0.4, -0.2) is 39.7 Å².